The van der Waals surface area contributed by atoms with E-state index < -0.39 is 12.0 Å². The smallest absolute Gasteiger partial charge is 0.353 e. The molecule has 6 nitrogen and oxygen atoms in total. The molecule has 16 heavy (non-hydrogen) atoms. The van der Waals surface area contributed by atoms with Crippen LogP contribution in [0, 0.1) is 0 Å². The van der Waals surface area contributed by atoms with Gasteiger partial charge < -0.3 is 16.6 Å². The van der Waals surface area contributed by atoms with E-state index in [9.17, 15) is 9.59 Å². The molecule has 1 amide bonds. The van der Waals surface area contributed by atoms with Gasteiger partial charge in [-0.25, -0.2) is 4.79 Å². The number of carbonyl (C=O) groups excluding carboxylic acids is 1. The molecule has 0 aromatic rings. The summed E-state index contributed by atoms with van der Waals surface area (Å²) in [4.78, 5) is 24.5. The van der Waals surface area contributed by atoms with Crippen molar-refractivity contribution in [3.05, 3.63) is 10.6 Å². The summed E-state index contributed by atoms with van der Waals surface area (Å²) in [7, 11) is 0. The minimum atomic E-state index is -1.07. The summed E-state index contributed by atoms with van der Waals surface area (Å²) in [5.74, 6) is -0.719. The third-order valence-corrected chi connectivity index (χ3v) is 3.91. The van der Waals surface area contributed by atoms with Crippen molar-refractivity contribution in [1.29, 1.82) is 0 Å². The highest BCUT2D eigenvalue weighted by atomic mass is 32.2. The summed E-state index contributed by atoms with van der Waals surface area (Å²) in [6.07, 6.45) is 0.541. The molecule has 0 radical (unpaired) electrons. The fraction of sp³-hybridized carbons (Fsp3) is 0.556. The second-order valence-electron chi connectivity index (χ2n) is 3.72. The highest BCUT2D eigenvalue weighted by molar-refractivity contribution is 8.03. The average Bonchev–Trinajstić information content (AvgIpc) is 2.61. The Morgan fingerprint density at radius 3 is 2.88 bits per heavy atom. The molecule has 0 saturated carbocycles. The Morgan fingerprint density at radius 1 is 1.62 bits per heavy atom. The largest absolute Gasteiger partial charge is 0.477 e. The zero-order valence-corrected chi connectivity index (χ0v) is 9.37. The van der Waals surface area contributed by atoms with Gasteiger partial charge in [-0.05, 0) is 0 Å². The zero-order chi connectivity index (χ0) is 11.9. The lowest BCUT2D eigenvalue weighted by atomic mass is 9.97. The van der Waals surface area contributed by atoms with Crippen LogP contribution in [0.2, 0.25) is 0 Å². The molecule has 2 atom stereocenters. The van der Waals surface area contributed by atoms with Gasteiger partial charge in [-0.3, -0.25) is 9.69 Å². The van der Waals surface area contributed by atoms with E-state index in [1.54, 1.807) is 0 Å². The van der Waals surface area contributed by atoms with Crippen LogP contribution in [0.1, 0.15) is 6.42 Å². The number of hydrogen-bond acceptors (Lipinski definition) is 5. The second kappa shape index (κ2) is 4.08. The number of aliphatic carboxylic acids is 1. The van der Waals surface area contributed by atoms with E-state index in [1.165, 1.54) is 16.7 Å². The van der Waals surface area contributed by atoms with Crippen molar-refractivity contribution < 1.29 is 14.7 Å². The number of nitrogens with zero attached hydrogens (tertiary/aromatic N) is 1. The second-order valence-corrected chi connectivity index (χ2v) is 4.91. The van der Waals surface area contributed by atoms with E-state index in [4.69, 9.17) is 16.6 Å². The van der Waals surface area contributed by atoms with Crippen LogP contribution in [0.25, 0.3) is 0 Å². The van der Waals surface area contributed by atoms with E-state index in [2.05, 4.69) is 0 Å². The SMILES string of the molecule is NCCSC1=C(C(=O)O)N2C(=O)C(N)C2C1. The number of hydrogen-bond donors (Lipinski definition) is 3. The van der Waals surface area contributed by atoms with Gasteiger partial charge in [-0.15, -0.1) is 11.8 Å². The Hall–Kier alpha value is -1.05. The van der Waals surface area contributed by atoms with Gasteiger partial charge in [0.1, 0.15) is 11.7 Å². The molecule has 2 heterocycles. The number of amides is 1. The summed E-state index contributed by atoms with van der Waals surface area (Å²) in [6.45, 7) is 0.478. The van der Waals surface area contributed by atoms with Crippen LogP contribution in [0.15, 0.2) is 10.6 Å². The summed E-state index contributed by atoms with van der Waals surface area (Å²) < 4.78 is 0. The van der Waals surface area contributed by atoms with E-state index >= 15 is 0 Å². The maximum atomic E-state index is 11.4. The van der Waals surface area contributed by atoms with Gasteiger partial charge in [0.25, 0.3) is 0 Å². The topological polar surface area (TPSA) is 110 Å². The lowest BCUT2D eigenvalue weighted by Gasteiger charge is -2.40. The first kappa shape index (κ1) is 11.4. The first-order valence-electron chi connectivity index (χ1n) is 4.96. The maximum Gasteiger partial charge on any atom is 0.353 e. The van der Waals surface area contributed by atoms with Gasteiger partial charge in [-0.1, -0.05) is 0 Å². The predicted octanol–water partition coefficient (Wildman–Crippen LogP) is -1.08. The average molecular weight is 243 g/mol. The van der Waals surface area contributed by atoms with E-state index in [0.717, 1.165) is 0 Å². The molecule has 2 unspecified atom stereocenters. The van der Waals surface area contributed by atoms with Crippen LogP contribution in [-0.2, 0) is 9.59 Å². The number of fused-ring (bicyclic) bond motifs is 1. The van der Waals surface area contributed by atoms with Crippen LogP contribution in [0.3, 0.4) is 0 Å². The van der Waals surface area contributed by atoms with Crippen molar-refractivity contribution in [2.45, 2.75) is 18.5 Å². The van der Waals surface area contributed by atoms with Crippen molar-refractivity contribution in [1.82, 2.24) is 4.90 Å². The molecule has 2 rings (SSSR count). The van der Waals surface area contributed by atoms with Crippen molar-refractivity contribution in [3.63, 3.8) is 0 Å². The van der Waals surface area contributed by atoms with Gasteiger partial charge in [-0.2, -0.15) is 0 Å². The van der Waals surface area contributed by atoms with Crippen LogP contribution in [0.5, 0.6) is 0 Å². The summed E-state index contributed by atoms with van der Waals surface area (Å²) in [5.41, 5.74) is 11.1. The highest BCUT2D eigenvalue weighted by Crippen LogP contribution is 2.42. The fourth-order valence-corrected chi connectivity index (χ4v) is 2.99. The van der Waals surface area contributed by atoms with Crippen molar-refractivity contribution >= 4 is 23.6 Å². The molecule has 0 aromatic heterocycles. The standard InChI is InChI=1S/C9H13N3O3S/c10-1-2-16-5-3-4-6(11)8(13)12(4)7(5)9(14)15/h4,6H,1-3,10-11H2,(H,14,15). The van der Waals surface area contributed by atoms with Crippen molar-refractivity contribution in [2.24, 2.45) is 11.5 Å². The van der Waals surface area contributed by atoms with Crippen molar-refractivity contribution in [3.8, 4) is 0 Å². The fourth-order valence-electron chi connectivity index (χ4n) is 2.01. The summed E-state index contributed by atoms with van der Waals surface area (Å²) in [5, 5.41) is 9.07. The Balaban J connectivity index is 2.22. The molecule has 2 aliphatic heterocycles. The number of nitrogens with two attached hydrogens (primary N) is 2. The molecule has 7 heteroatoms. The molecule has 2 aliphatic rings. The zero-order valence-electron chi connectivity index (χ0n) is 8.55. The van der Waals surface area contributed by atoms with Crippen LogP contribution >= 0.6 is 11.8 Å². The molecule has 0 bridgehead atoms. The van der Waals surface area contributed by atoms with Gasteiger partial charge in [0.2, 0.25) is 5.91 Å². The molecule has 5 N–H and O–H groups in total. The third-order valence-electron chi connectivity index (χ3n) is 2.77. The number of thioether (sulfide) groups is 1. The van der Waals surface area contributed by atoms with E-state index in [1.807, 2.05) is 0 Å². The Labute approximate surface area is 96.6 Å². The summed E-state index contributed by atoms with van der Waals surface area (Å²) >= 11 is 1.40. The monoisotopic (exact) mass is 243 g/mol. The van der Waals surface area contributed by atoms with Gasteiger partial charge in [0.05, 0.1) is 6.04 Å². The molecule has 88 valence electrons. The molecule has 0 aromatic carbocycles. The minimum Gasteiger partial charge on any atom is -0.477 e. The normalized spacial score (nSPS) is 28.1. The molecule has 1 saturated heterocycles. The highest BCUT2D eigenvalue weighted by Gasteiger charge is 2.53. The number of carboxylic acids is 1. The quantitative estimate of drug-likeness (QED) is 0.542. The molecule has 0 spiro atoms. The van der Waals surface area contributed by atoms with Gasteiger partial charge in [0, 0.05) is 23.6 Å². The molecular weight excluding hydrogens is 230 g/mol. The Morgan fingerprint density at radius 2 is 2.31 bits per heavy atom. The Bertz CT molecular complexity index is 382. The summed E-state index contributed by atoms with van der Waals surface area (Å²) in [6, 6.07) is -0.718. The molecule has 0 aliphatic carbocycles. The molecule has 1 fully saturated rings. The van der Waals surface area contributed by atoms with Crippen LogP contribution < -0.4 is 11.5 Å². The number of rotatable bonds is 4. The minimum absolute atomic E-state index is 0.0927. The number of β-lactam (4-membered cyclic amide) rings is 1. The van der Waals surface area contributed by atoms with Crippen LogP contribution in [-0.4, -0.2) is 46.3 Å². The van der Waals surface area contributed by atoms with Gasteiger partial charge in [0.15, 0.2) is 0 Å². The lowest BCUT2D eigenvalue weighted by Crippen LogP contribution is -2.66. The first-order valence-corrected chi connectivity index (χ1v) is 5.94. The van der Waals surface area contributed by atoms with Gasteiger partial charge >= 0.3 is 5.97 Å². The number of carbonyl (C=O) groups is 2. The predicted molar refractivity (Wildman–Crippen MR) is 59.4 cm³/mol. The van der Waals surface area contributed by atoms with E-state index in [0.29, 0.717) is 23.6 Å². The maximum absolute atomic E-state index is 11.4. The first-order chi connectivity index (χ1) is 7.57. The van der Waals surface area contributed by atoms with Crippen LogP contribution in [0.4, 0.5) is 0 Å². The lowest BCUT2D eigenvalue weighted by molar-refractivity contribution is -0.149. The van der Waals surface area contributed by atoms with E-state index in [-0.39, 0.29) is 17.6 Å². The Kier molecular flexibility index (Phi) is 2.92. The third kappa shape index (κ3) is 1.51. The number of carboxylic acid groups (broad SMARTS) is 1. The van der Waals surface area contributed by atoms with Crippen molar-refractivity contribution in [2.75, 3.05) is 12.3 Å². The molecular formula is C9H13N3O3S.